The van der Waals surface area contributed by atoms with Crippen LogP contribution < -0.4 is 25.8 Å². The second-order valence-corrected chi connectivity index (χ2v) is 13.8. The number of hydrogen-bond acceptors (Lipinski definition) is 7. The minimum Gasteiger partial charge on any atom is -0.497 e. The molecule has 5 rings (SSSR count). The molecule has 0 saturated carbocycles. The van der Waals surface area contributed by atoms with Gasteiger partial charge in [0.1, 0.15) is 18.1 Å². The van der Waals surface area contributed by atoms with Crippen LogP contribution >= 0.6 is 0 Å². The van der Waals surface area contributed by atoms with Gasteiger partial charge in [-0.25, -0.2) is 0 Å². The lowest BCUT2D eigenvalue weighted by Gasteiger charge is -2.32. The third-order valence-corrected chi connectivity index (χ3v) is 9.43. The number of unbranched alkanes of at least 4 members (excludes halogenated alkanes) is 3. The zero-order chi connectivity index (χ0) is 37.0. The first kappa shape index (κ1) is 37.9. The van der Waals surface area contributed by atoms with Gasteiger partial charge in [0.25, 0.3) is 5.91 Å². The van der Waals surface area contributed by atoms with Gasteiger partial charge in [-0.2, -0.15) is 5.10 Å². The highest BCUT2D eigenvalue weighted by Crippen LogP contribution is 2.41. The molecule has 52 heavy (non-hydrogen) atoms. The molecule has 3 aromatic carbocycles. The number of aromatic nitrogens is 2. The maximum absolute atomic E-state index is 13.4. The Morgan fingerprint density at radius 1 is 0.981 bits per heavy atom. The van der Waals surface area contributed by atoms with Gasteiger partial charge in [0, 0.05) is 54.0 Å². The second-order valence-electron chi connectivity index (χ2n) is 13.8. The molecule has 0 aliphatic carbocycles. The average molecular weight is 711 g/mol. The van der Waals surface area contributed by atoms with Gasteiger partial charge in [-0.05, 0) is 61.6 Å². The summed E-state index contributed by atoms with van der Waals surface area (Å²) < 4.78 is 11.2. The van der Waals surface area contributed by atoms with Crippen molar-refractivity contribution in [3.8, 4) is 22.8 Å². The molecule has 4 amide bonds. The van der Waals surface area contributed by atoms with Crippen LogP contribution in [0.25, 0.3) is 22.2 Å². The van der Waals surface area contributed by atoms with E-state index in [0.717, 1.165) is 53.4 Å². The van der Waals surface area contributed by atoms with Crippen LogP contribution in [0.3, 0.4) is 0 Å². The maximum Gasteiger partial charge on any atom is 0.251 e. The Kier molecular flexibility index (Phi) is 13.3. The smallest absolute Gasteiger partial charge is 0.251 e. The molecule has 4 aromatic rings. The maximum atomic E-state index is 13.4. The SMILES string of the molecule is COc1ccc2c(c1)C(CCC(=O)N(CC(=O)NCCCCCCNC(=O)c1ccc(-c3n[nH]c4ccccc34)cc1)CC(C)C)C(C(N)=O)CO2. The average Bonchev–Trinajstić information content (AvgIpc) is 3.58. The topological polar surface area (TPSA) is 169 Å². The molecule has 0 spiro atoms. The van der Waals surface area contributed by atoms with Crippen LogP contribution in [0, 0.1) is 11.8 Å². The molecule has 0 bridgehead atoms. The highest BCUT2D eigenvalue weighted by Gasteiger charge is 2.35. The number of benzene rings is 3. The van der Waals surface area contributed by atoms with E-state index in [0.29, 0.717) is 43.1 Å². The molecule has 5 N–H and O–H groups in total. The van der Waals surface area contributed by atoms with Crippen molar-refractivity contribution in [3.05, 3.63) is 77.9 Å². The van der Waals surface area contributed by atoms with Crippen LogP contribution in [0.5, 0.6) is 11.5 Å². The Bertz CT molecular complexity index is 1840. The highest BCUT2D eigenvalue weighted by atomic mass is 16.5. The van der Waals surface area contributed by atoms with E-state index in [2.05, 4.69) is 20.8 Å². The standard InChI is InChI=1S/C40H50N6O6/c1-26(2)23-46(37(48)19-17-30-32-22-29(51-3)16-18-35(32)52-25-33(30)39(41)49)24-36(47)42-20-8-4-5-9-21-43-40(50)28-14-12-27(13-15-28)38-31-10-6-7-11-34(31)44-45-38/h6-7,10-16,18,22,26,30,33H,4-5,8-9,17,19-21,23-25H2,1-3H3,(H2,41,49)(H,42,47)(H,43,50)(H,44,45). The molecule has 2 atom stereocenters. The molecule has 0 radical (unpaired) electrons. The first-order valence-corrected chi connectivity index (χ1v) is 18.1. The third-order valence-electron chi connectivity index (χ3n) is 9.43. The lowest BCUT2D eigenvalue weighted by molar-refractivity contribution is -0.137. The lowest BCUT2D eigenvalue weighted by Crippen LogP contribution is -2.43. The van der Waals surface area contributed by atoms with Crippen LogP contribution in [0.15, 0.2) is 66.7 Å². The number of ether oxygens (including phenoxy) is 2. The molecule has 276 valence electrons. The predicted molar refractivity (Wildman–Crippen MR) is 200 cm³/mol. The van der Waals surface area contributed by atoms with Gasteiger partial charge < -0.3 is 30.7 Å². The number of hydrogen-bond donors (Lipinski definition) is 4. The van der Waals surface area contributed by atoms with E-state index < -0.39 is 11.8 Å². The van der Waals surface area contributed by atoms with Gasteiger partial charge in [-0.15, -0.1) is 0 Å². The number of aromatic amines is 1. The Morgan fingerprint density at radius 3 is 2.42 bits per heavy atom. The minimum atomic E-state index is -0.571. The Morgan fingerprint density at radius 2 is 1.71 bits per heavy atom. The fourth-order valence-electron chi connectivity index (χ4n) is 6.68. The van der Waals surface area contributed by atoms with Crippen molar-refractivity contribution >= 4 is 34.5 Å². The molecule has 12 nitrogen and oxygen atoms in total. The summed E-state index contributed by atoms with van der Waals surface area (Å²) in [5, 5.41) is 14.4. The van der Waals surface area contributed by atoms with E-state index in [-0.39, 0.29) is 49.1 Å². The van der Waals surface area contributed by atoms with Crippen molar-refractivity contribution in [1.29, 1.82) is 0 Å². The number of rotatable bonds is 18. The Balaban J connectivity index is 0.999. The van der Waals surface area contributed by atoms with Crippen LogP contribution in [-0.2, 0) is 14.4 Å². The van der Waals surface area contributed by atoms with Crippen LogP contribution in [0.4, 0.5) is 0 Å². The molecule has 2 heterocycles. The number of nitrogens with two attached hydrogens (primary N) is 1. The van der Waals surface area contributed by atoms with Crippen LogP contribution in [-0.4, -0.2) is 78.6 Å². The van der Waals surface area contributed by atoms with E-state index in [1.54, 1.807) is 24.1 Å². The summed E-state index contributed by atoms with van der Waals surface area (Å²) in [5.74, 6) is -0.357. The number of carbonyl (C=O) groups is 4. The number of primary amides is 1. The number of amides is 4. The first-order chi connectivity index (χ1) is 25.1. The normalized spacial score (nSPS) is 15.1. The molecule has 0 fully saturated rings. The Hall–Kier alpha value is -5.39. The molecular weight excluding hydrogens is 660 g/mol. The van der Waals surface area contributed by atoms with Crippen molar-refractivity contribution < 1.29 is 28.7 Å². The fraction of sp³-hybridized carbons (Fsp3) is 0.425. The van der Waals surface area contributed by atoms with Crippen LogP contribution in [0.1, 0.15) is 74.2 Å². The molecule has 1 aliphatic heterocycles. The fourth-order valence-corrected chi connectivity index (χ4v) is 6.68. The third kappa shape index (κ3) is 9.89. The van der Waals surface area contributed by atoms with Crippen molar-refractivity contribution in [2.45, 2.75) is 58.3 Å². The number of H-pyrrole nitrogens is 1. The predicted octanol–water partition coefficient (Wildman–Crippen LogP) is 5.19. The number of para-hydroxylation sites is 1. The summed E-state index contributed by atoms with van der Waals surface area (Å²) in [6.07, 6.45) is 3.98. The van der Waals surface area contributed by atoms with Gasteiger partial charge in [0.15, 0.2) is 0 Å². The van der Waals surface area contributed by atoms with E-state index in [1.165, 1.54) is 0 Å². The monoisotopic (exact) mass is 710 g/mol. The van der Waals surface area contributed by atoms with E-state index in [1.807, 2.05) is 68.4 Å². The second kappa shape index (κ2) is 18.2. The number of nitrogens with one attached hydrogen (secondary N) is 3. The molecule has 2 unspecified atom stereocenters. The largest absolute Gasteiger partial charge is 0.497 e. The Labute approximate surface area is 304 Å². The summed E-state index contributed by atoms with van der Waals surface area (Å²) in [7, 11) is 1.57. The van der Waals surface area contributed by atoms with Crippen molar-refractivity contribution in [3.63, 3.8) is 0 Å². The summed E-state index contributed by atoms with van der Waals surface area (Å²) in [6.45, 7) is 5.65. The summed E-state index contributed by atoms with van der Waals surface area (Å²) in [6, 6.07) is 20.8. The minimum absolute atomic E-state index is 0.0280. The number of carbonyl (C=O) groups excluding carboxylic acids is 4. The zero-order valence-corrected chi connectivity index (χ0v) is 30.3. The van der Waals surface area contributed by atoms with Crippen molar-refractivity contribution in [2.75, 3.05) is 39.9 Å². The molecule has 1 aliphatic rings. The van der Waals surface area contributed by atoms with Gasteiger partial charge in [-0.3, -0.25) is 24.3 Å². The van der Waals surface area contributed by atoms with Gasteiger partial charge in [0.05, 0.1) is 30.8 Å². The van der Waals surface area contributed by atoms with E-state index in [4.69, 9.17) is 15.2 Å². The molecule has 1 aromatic heterocycles. The summed E-state index contributed by atoms with van der Waals surface area (Å²) in [4.78, 5) is 52.8. The number of nitrogens with zero attached hydrogens (tertiary/aromatic N) is 2. The van der Waals surface area contributed by atoms with E-state index >= 15 is 0 Å². The lowest BCUT2D eigenvalue weighted by atomic mass is 9.80. The van der Waals surface area contributed by atoms with Gasteiger partial charge >= 0.3 is 0 Å². The van der Waals surface area contributed by atoms with Crippen molar-refractivity contribution in [2.24, 2.45) is 17.6 Å². The van der Waals surface area contributed by atoms with Gasteiger partial charge in [-0.1, -0.05) is 57.0 Å². The molecular formula is C40H50N6O6. The van der Waals surface area contributed by atoms with Crippen LogP contribution in [0.2, 0.25) is 0 Å². The molecule has 12 heteroatoms. The zero-order valence-electron chi connectivity index (χ0n) is 30.3. The summed E-state index contributed by atoms with van der Waals surface area (Å²) >= 11 is 0. The summed E-state index contributed by atoms with van der Waals surface area (Å²) in [5.41, 5.74) is 9.88. The molecule has 0 saturated heterocycles. The number of fused-ring (bicyclic) bond motifs is 2. The number of methoxy groups -OCH3 is 1. The quantitative estimate of drug-likeness (QED) is 0.103. The first-order valence-electron chi connectivity index (χ1n) is 18.1. The van der Waals surface area contributed by atoms with Gasteiger partial charge in [0.2, 0.25) is 17.7 Å². The highest BCUT2D eigenvalue weighted by molar-refractivity contribution is 5.96. The van der Waals surface area contributed by atoms with E-state index in [9.17, 15) is 19.2 Å². The van der Waals surface area contributed by atoms with Crippen molar-refractivity contribution in [1.82, 2.24) is 25.7 Å².